The molecule has 0 unspecified atom stereocenters. The molecule has 0 bridgehead atoms. The summed E-state index contributed by atoms with van der Waals surface area (Å²) in [5.74, 6) is 5.85. The number of fused-ring (bicyclic) bond motifs is 1. The van der Waals surface area contributed by atoms with E-state index in [9.17, 15) is 18.0 Å². The van der Waals surface area contributed by atoms with Crippen molar-refractivity contribution in [3.05, 3.63) is 64.5 Å². The predicted octanol–water partition coefficient (Wildman–Crippen LogP) is 2.46. The Hall–Kier alpha value is -3.39. The second kappa shape index (κ2) is 7.79. The van der Waals surface area contributed by atoms with Gasteiger partial charge in [0.1, 0.15) is 5.76 Å². The lowest BCUT2D eigenvalue weighted by Gasteiger charge is -2.01. The van der Waals surface area contributed by atoms with E-state index in [1.807, 2.05) is 0 Å². The molecule has 2 aromatic heterocycles. The van der Waals surface area contributed by atoms with Crippen LogP contribution in [0.25, 0.3) is 17.0 Å². The number of pyridine rings is 1. The van der Waals surface area contributed by atoms with E-state index in [0.29, 0.717) is 27.9 Å². The number of aromatic nitrogens is 1. The number of amides is 2. The third-order valence-corrected chi connectivity index (χ3v) is 6.37. The summed E-state index contributed by atoms with van der Waals surface area (Å²) in [4.78, 5) is 27.5. The van der Waals surface area contributed by atoms with Gasteiger partial charge in [-0.15, -0.1) is 0 Å². The fourth-order valence-corrected chi connectivity index (χ4v) is 4.06. The van der Waals surface area contributed by atoms with Gasteiger partial charge >= 0.3 is 0 Å². The van der Waals surface area contributed by atoms with Crippen LogP contribution in [0.1, 0.15) is 16.9 Å². The molecular formula is C20H13N3O5S2. The number of benzene rings is 1. The average molecular weight is 439 g/mol. The Bertz CT molecular complexity index is 1380. The molecule has 0 radical (unpaired) electrons. The van der Waals surface area contributed by atoms with Crippen LogP contribution >= 0.6 is 11.8 Å². The Morgan fingerprint density at radius 1 is 1.17 bits per heavy atom. The molecule has 3 heterocycles. The minimum absolute atomic E-state index is 0.148. The first-order chi connectivity index (χ1) is 14.4. The monoisotopic (exact) mass is 439 g/mol. The van der Waals surface area contributed by atoms with Crippen LogP contribution in [0.4, 0.5) is 4.79 Å². The van der Waals surface area contributed by atoms with Crippen molar-refractivity contribution in [3.8, 4) is 11.8 Å². The highest BCUT2D eigenvalue weighted by Crippen LogP contribution is 2.28. The molecule has 4 rings (SSSR count). The Morgan fingerprint density at radius 3 is 2.60 bits per heavy atom. The smallest absolute Gasteiger partial charge is 0.290 e. The molecule has 10 heteroatoms. The van der Waals surface area contributed by atoms with Crippen LogP contribution in [0.3, 0.4) is 0 Å². The topological polar surface area (TPSA) is 118 Å². The van der Waals surface area contributed by atoms with E-state index >= 15 is 0 Å². The quantitative estimate of drug-likeness (QED) is 0.475. The minimum atomic E-state index is -3.51. The number of hydrogen-bond acceptors (Lipinski definition) is 7. The van der Waals surface area contributed by atoms with Gasteiger partial charge in [-0.05, 0) is 49.1 Å². The number of thioether (sulfide) groups is 1. The van der Waals surface area contributed by atoms with E-state index < -0.39 is 21.2 Å². The maximum Gasteiger partial charge on any atom is 0.290 e. The summed E-state index contributed by atoms with van der Waals surface area (Å²) in [7, 11) is -2.16. The highest BCUT2D eigenvalue weighted by molar-refractivity contribution is 8.18. The first kappa shape index (κ1) is 19.9. The number of nitrogens with zero attached hydrogens (tertiary/aromatic N) is 1. The van der Waals surface area contributed by atoms with Crippen molar-refractivity contribution in [3.63, 3.8) is 0 Å². The van der Waals surface area contributed by atoms with Crippen LogP contribution in [0.2, 0.25) is 0 Å². The number of sulfonamides is 1. The molecule has 8 nitrogen and oxygen atoms in total. The van der Waals surface area contributed by atoms with Crippen LogP contribution in [0.15, 0.2) is 56.9 Å². The van der Waals surface area contributed by atoms with Gasteiger partial charge in [-0.2, -0.15) is 0 Å². The summed E-state index contributed by atoms with van der Waals surface area (Å²) in [6, 6.07) is 7.86. The van der Waals surface area contributed by atoms with Gasteiger partial charge in [0.15, 0.2) is 5.58 Å². The van der Waals surface area contributed by atoms with E-state index in [1.165, 1.54) is 25.3 Å². The summed E-state index contributed by atoms with van der Waals surface area (Å²) in [6.07, 6.45) is 4.65. The van der Waals surface area contributed by atoms with Crippen LogP contribution in [-0.2, 0) is 14.8 Å². The standard InChI is InChI=1S/C20H13N3O5S2/c1-21-30(26,27)16-6-3-12(4-7-16)2-5-13-10-22-11-14-8-15(28-18(13)14)9-17-19(24)23-20(25)29-17/h3-4,6-11,21H,1H3,(H,23,24,25). The lowest BCUT2D eigenvalue weighted by atomic mass is 10.2. The van der Waals surface area contributed by atoms with E-state index in [-0.39, 0.29) is 9.80 Å². The van der Waals surface area contributed by atoms with Gasteiger partial charge in [0.25, 0.3) is 11.1 Å². The lowest BCUT2D eigenvalue weighted by Crippen LogP contribution is -2.18. The van der Waals surface area contributed by atoms with Crippen LogP contribution in [-0.4, -0.2) is 31.6 Å². The molecule has 0 atom stereocenters. The van der Waals surface area contributed by atoms with Gasteiger partial charge in [0, 0.05) is 29.4 Å². The van der Waals surface area contributed by atoms with Gasteiger partial charge in [-0.1, -0.05) is 11.8 Å². The van der Waals surface area contributed by atoms with E-state index in [2.05, 4.69) is 26.9 Å². The maximum absolute atomic E-state index is 11.8. The number of carbonyl (C=O) groups excluding carboxylic acids is 2. The van der Waals surface area contributed by atoms with E-state index in [1.54, 1.807) is 30.6 Å². The van der Waals surface area contributed by atoms with Gasteiger partial charge in [-0.25, -0.2) is 13.1 Å². The van der Waals surface area contributed by atoms with Gasteiger partial charge in [-0.3, -0.25) is 19.9 Å². The fraction of sp³-hybridized carbons (Fsp3) is 0.0500. The van der Waals surface area contributed by atoms with Crippen molar-refractivity contribution in [1.82, 2.24) is 15.0 Å². The normalized spacial score (nSPS) is 15.3. The van der Waals surface area contributed by atoms with E-state index in [4.69, 9.17) is 4.42 Å². The summed E-state index contributed by atoms with van der Waals surface area (Å²) in [5, 5.41) is 2.45. The van der Waals surface area contributed by atoms with Crippen LogP contribution in [0.5, 0.6) is 0 Å². The zero-order valence-corrected chi connectivity index (χ0v) is 17.1. The molecule has 1 fully saturated rings. The SMILES string of the molecule is CNS(=O)(=O)c1ccc(C#Cc2cncc3cc(C=C4SC(=O)NC4=O)oc23)cc1. The average Bonchev–Trinajstić information content (AvgIpc) is 3.28. The predicted molar refractivity (Wildman–Crippen MR) is 112 cm³/mol. The highest BCUT2D eigenvalue weighted by atomic mass is 32.2. The Labute approximate surface area is 175 Å². The third-order valence-electron chi connectivity index (χ3n) is 4.13. The van der Waals surface area contributed by atoms with Crippen molar-refractivity contribution in [2.45, 2.75) is 4.90 Å². The highest BCUT2D eigenvalue weighted by Gasteiger charge is 2.25. The Balaban J connectivity index is 1.65. The van der Waals surface area contributed by atoms with Crippen molar-refractivity contribution in [1.29, 1.82) is 0 Å². The summed E-state index contributed by atoms with van der Waals surface area (Å²) in [6.45, 7) is 0. The molecule has 3 aromatic rings. The number of carbonyl (C=O) groups is 2. The summed E-state index contributed by atoms with van der Waals surface area (Å²) < 4.78 is 31.6. The molecule has 150 valence electrons. The lowest BCUT2D eigenvalue weighted by molar-refractivity contribution is -0.115. The third kappa shape index (κ3) is 3.99. The van der Waals surface area contributed by atoms with Gasteiger partial charge < -0.3 is 4.42 Å². The second-order valence-corrected chi connectivity index (χ2v) is 8.99. The molecule has 0 aliphatic carbocycles. The molecule has 30 heavy (non-hydrogen) atoms. The zero-order chi connectivity index (χ0) is 21.3. The first-order valence-electron chi connectivity index (χ1n) is 8.54. The molecular weight excluding hydrogens is 426 g/mol. The van der Waals surface area contributed by atoms with Crippen LogP contribution < -0.4 is 10.0 Å². The molecule has 1 aliphatic rings. The van der Waals surface area contributed by atoms with Gasteiger partial charge in [0.2, 0.25) is 10.0 Å². The van der Waals surface area contributed by atoms with Gasteiger partial charge in [0.05, 0.1) is 15.4 Å². The van der Waals surface area contributed by atoms with Crippen molar-refractivity contribution in [2.24, 2.45) is 0 Å². The molecule has 2 N–H and O–H groups in total. The minimum Gasteiger partial charge on any atom is -0.455 e. The first-order valence-corrected chi connectivity index (χ1v) is 10.8. The summed E-state index contributed by atoms with van der Waals surface area (Å²) in [5.41, 5.74) is 1.64. The van der Waals surface area contributed by atoms with Crippen molar-refractivity contribution >= 4 is 50.0 Å². The largest absolute Gasteiger partial charge is 0.455 e. The van der Waals surface area contributed by atoms with Crippen molar-refractivity contribution in [2.75, 3.05) is 7.05 Å². The number of nitrogens with one attached hydrogen (secondary N) is 2. The number of hydrogen-bond donors (Lipinski definition) is 2. The number of rotatable bonds is 3. The molecule has 1 aromatic carbocycles. The molecule has 1 aliphatic heterocycles. The van der Waals surface area contributed by atoms with E-state index in [0.717, 1.165) is 11.8 Å². The second-order valence-electron chi connectivity index (χ2n) is 6.09. The number of furan rings is 1. The molecule has 0 spiro atoms. The van der Waals surface area contributed by atoms with Crippen LogP contribution in [0, 0.1) is 11.8 Å². The Kier molecular flexibility index (Phi) is 5.17. The maximum atomic E-state index is 11.8. The fourth-order valence-electron chi connectivity index (χ4n) is 2.67. The summed E-state index contributed by atoms with van der Waals surface area (Å²) >= 11 is 0.805. The van der Waals surface area contributed by atoms with Crippen molar-refractivity contribution < 1.29 is 22.4 Å². The Morgan fingerprint density at radius 2 is 1.93 bits per heavy atom. The molecule has 0 saturated carbocycles. The zero-order valence-electron chi connectivity index (χ0n) is 15.4. The molecule has 1 saturated heterocycles. The molecule has 2 amide bonds. The number of imide groups is 1.